The molecule has 5 heteroatoms. The molecule has 0 heterocycles. The number of nitrogens with zero attached hydrogens (tertiary/aromatic N) is 1. The first-order valence-corrected chi connectivity index (χ1v) is 6.86. The first-order valence-electron chi connectivity index (χ1n) is 6.07. The third-order valence-electron chi connectivity index (χ3n) is 3.31. The molecular weight excluding hydrogens is 308 g/mol. The summed E-state index contributed by atoms with van der Waals surface area (Å²) in [5.41, 5.74) is 0.481. The van der Waals surface area contributed by atoms with Gasteiger partial charge in [-0.05, 0) is 62.1 Å². The Morgan fingerprint density at radius 3 is 2.58 bits per heavy atom. The van der Waals surface area contributed by atoms with E-state index in [1.807, 2.05) is 26.2 Å². The van der Waals surface area contributed by atoms with Crippen molar-refractivity contribution in [3.8, 4) is 5.75 Å². The number of rotatable bonds is 5. The van der Waals surface area contributed by atoms with Gasteiger partial charge in [0.15, 0.2) is 0 Å². The fourth-order valence-corrected chi connectivity index (χ4v) is 1.78. The van der Waals surface area contributed by atoms with Gasteiger partial charge in [0.2, 0.25) is 0 Å². The molecule has 1 amide bonds. The second kappa shape index (κ2) is 6.39. The molecule has 1 aromatic rings. The molecule has 0 radical (unpaired) electrons. The van der Waals surface area contributed by atoms with Gasteiger partial charge < -0.3 is 15.0 Å². The van der Waals surface area contributed by atoms with Gasteiger partial charge >= 0.3 is 0 Å². The Bertz CT molecular complexity index is 459. The number of ether oxygens (including phenoxy) is 1. The lowest BCUT2D eigenvalue weighted by Crippen LogP contribution is -2.48. The van der Waals surface area contributed by atoms with E-state index in [4.69, 9.17) is 4.74 Å². The highest BCUT2D eigenvalue weighted by Gasteiger charge is 2.22. The Morgan fingerprint density at radius 1 is 1.42 bits per heavy atom. The zero-order valence-electron chi connectivity index (χ0n) is 12.1. The van der Waals surface area contributed by atoms with Crippen LogP contribution in [0.5, 0.6) is 5.75 Å². The van der Waals surface area contributed by atoms with Crippen molar-refractivity contribution in [1.29, 1.82) is 0 Å². The lowest BCUT2D eigenvalue weighted by Gasteiger charge is -2.32. The largest absolute Gasteiger partial charge is 0.497 e. The Labute approximate surface area is 123 Å². The molecule has 0 spiro atoms. The number of hydrogen-bond donors (Lipinski definition) is 1. The highest BCUT2D eigenvalue weighted by Crippen LogP contribution is 2.22. The topological polar surface area (TPSA) is 41.6 Å². The predicted octanol–water partition coefficient (Wildman–Crippen LogP) is 2.53. The summed E-state index contributed by atoms with van der Waals surface area (Å²) in [5.74, 6) is 0.556. The average molecular weight is 329 g/mol. The molecule has 1 N–H and O–H groups in total. The molecule has 0 aromatic heterocycles. The minimum absolute atomic E-state index is 0.0962. The molecule has 1 aromatic carbocycles. The van der Waals surface area contributed by atoms with Gasteiger partial charge in [-0.2, -0.15) is 0 Å². The third-order valence-corrected chi connectivity index (χ3v) is 4.00. The van der Waals surface area contributed by atoms with Crippen molar-refractivity contribution >= 4 is 21.8 Å². The van der Waals surface area contributed by atoms with E-state index in [1.54, 1.807) is 13.2 Å². The number of nitrogens with one attached hydrogen (secondary N) is 1. The number of carbonyl (C=O) groups excluding carboxylic acids is 1. The van der Waals surface area contributed by atoms with Crippen molar-refractivity contribution in [2.24, 2.45) is 0 Å². The summed E-state index contributed by atoms with van der Waals surface area (Å²) in [5, 5.41) is 2.95. The molecular formula is C14H21BrN2O2. The molecule has 0 aliphatic heterocycles. The van der Waals surface area contributed by atoms with Crippen molar-refractivity contribution in [3.05, 3.63) is 28.2 Å². The number of benzene rings is 1. The summed E-state index contributed by atoms with van der Waals surface area (Å²) in [4.78, 5) is 14.3. The Morgan fingerprint density at radius 2 is 2.05 bits per heavy atom. The quantitative estimate of drug-likeness (QED) is 0.903. The van der Waals surface area contributed by atoms with Crippen LogP contribution >= 0.6 is 15.9 Å². The van der Waals surface area contributed by atoms with E-state index in [-0.39, 0.29) is 11.4 Å². The second-order valence-electron chi connectivity index (χ2n) is 5.24. The maximum absolute atomic E-state index is 12.2. The molecule has 0 unspecified atom stereocenters. The molecule has 106 valence electrons. The van der Waals surface area contributed by atoms with Gasteiger partial charge in [0.25, 0.3) is 5.91 Å². The Kier molecular flexibility index (Phi) is 5.38. The van der Waals surface area contributed by atoms with Crippen LogP contribution in [-0.2, 0) is 0 Å². The number of hydrogen-bond acceptors (Lipinski definition) is 3. The fourth-order valence-electron chi connectivity index (χ4n) is 1.36. The molecule has 0 saturated heterocycles. The van der Waals surface area contributed by atoms with Gasteiger partial charge in [-0.15, -0.1) is 0 Å². The van der Waals surface area contributed by atoms with Crippen LogP contribution in [0.2, 0.25) is 0 Å². The monoisotopic (exact) mass is 328 g/mol. The Hall–Kier alpha value is -1.07. The van der Waals surface area contributed by atoms with E-state index in [9.17, 15) is 4.79 Å². The number of amides is 1. The van der Waals surface area contributed by atoms with Crippen LogP contribution in [0.15, 0.2) is 22.7 Å². The second-order valence-corrected chi connectivity index (χ2v) is 6.09. The van der Waals surface area contributed by atoms with Crippen LogP contribution in [0.4, 0.5) is 0 Å². The van der Waals surface area contributed by atoms with Crippen molar-refractivity contribution in [2.75, 3.05) is 27.7 Å². The van der Waals surface area contributed by atoms with E-state index >= 15 is 0 Å². The molecule has 0 aliphatic carbocycles. The molecule has 0 saturated carbocycles. The normalized spacial score (nSPS) is 11.5. The minimum atomic E-state index is -0.110. The predicted molar refractivity (Wildman–Crippen MR) is 80.8 cm³/mol. The van der Waals surface area contributed by atoms with Crippen LogP contribution in [0.3, 0.4) is 0 Å². The van der Waals surface area contributed by atoms with Gasteiger partial charge in [0.05, 0.1) is 12.7 Å². The standard InChI is InChI=1S/C14H21BrN2O2/c1-14(2,17(3)4)9-16-13(18)11-8-10(19-5)6-7-12(11)15/h6-8H,9H2,1-5H3,(H,16,18). The average Bonchev–Trinajstić information content (AvgIpc) is 2.36. The van der Waals surface area contributed by atoms with Crippen LogP contribution in [0.1, 0.15) is 24.2 Å². The third kappa shape index (κ3) is 4.21. The van der Waals surface area contributed by atoms with Crippen LogP contribution in [0, 0.1) is 0 Å². The van der Waals surface area contributed by atoms with E-state index in [2.05, 4.69) is 40.0 Å². The highest BCUT2D eigenvalue weighted by molar-refractivity contribution is 9.10. The smallest absolute Gasteiger partial charge is 0.252 e. The van der Waals surface area contributed by atoms with Crippen molar-refractivity contribution in [2.45, 2.75) is 19.4 Å². The van der Waals surface area contributed by atoms with E-state index in [0.717, 1.165) is 4.47 Å². The lowest BCUT2D eigenvalue weighted by atomic mass is 10.0. The van der Waals surface area contributed by atoms with Crippen molar-refractivity contribution < 1.29 is 9.53 Å². The molecule has 0 aliphatic rings. The summed E-state index contributed by atoms with van der Waals surface area (Å²) < 4.78 is 5.89. The van der Waals surface area contributed by atoms with Gasteiger partial charge in [0.1, 0.15) is 5.75 Å². The van der Waals surface area contributed by atoms with E-state index < -0.39 is 0 Å². The van der Waals surface area contributed by atoms with Gasteiger partial charge in [0, 0.05) is 16.6 Å². The van der Waals surface area contributed by atoms with Gasteiger partial charge in [-0.3, -0.25) is 4.79 Å². The number of carbonyl (C=O) groups is 1. The zero-order chi connectivity index (χ0) is 14.6. The summed E-state index contributed by atoms with van der Waals surface area (Å²) in [7, 11) is 5.57. The minimum Gasteiger partial charge on any atom is -0.497 e. The first-order chi connectivity index (χ1) is 8.77. The molecule has 19 heavy (non-hydrogen) atoms. The van der Waals surface area contributed by atoms with Gasteiger partial charge in [-0.25, -0.2) is 0 Å². The molecule has 0 fully saturated rings. The molecule has 4 nitrogen and oxygen atoms in total. The Balaban J connectivity index is 2.79. The zero-order valence-corrected chi connectivity index (χ0v) is 13.7. The molecule has 0 atom stereocenters. The molecule has 1 rings (SSSR count). The van der Waals surface area contributed by atoms with E-state index in [1.165, 1.54) is 0 Å². The van der Waals surface area contributed by atoms with E-state index in [0.29, 0.717) is 17.9 Å². The summed E-state index contributed by atoms with van der Waals surface area (Å²) in [6.07, 6.45) is 0. The maximum atomic E-state index is 12.2. The molecule has 0 bridgehead atoms. The highest BCUT2D eigenvalue weighted by atomic mass is 79.9. The maximum Gasteiger partial charge on any atom is 0.252 e. The lowest BCUT2D eigenvalue weighted by molar-refractivity contribution is 0.0918. The first kappa shape index (κ1) is 16.0. The summed E-state index contributed by atoms with van der Waals surface area (Å²) in [6.45, 7) is 4.73. The van der Waals surface area contributed by atoms with Crippen molar-refractivity contribution in [1.82, 2.24) is 10.2 Å². The number of halogens is 1. The summed E-state index contributed by atoms with van der Waals surface area (Å²) in [6, 6.07) is 5.34. The van der Waals surface area contributed by atoms with Crippen molar-refractivity contribution in [3.63, 3.8) is 0 Å². The van der Waals surface area contributed by atoms with Gasteiger partial charge in [-0.1, -0.05) is 0 Å². The number of likely N-dealkylation sites (N-methyl/N-ethyl adjacent to an activating group) is 1. The number of methoxy groups -OCH3 is 1. The SMILES string of the molecule is COc1ccc(Br)c(C(=O)NCC(C)(C)N(C)C)c1. The van der Waals surface area contributed by atoms with Crippen LogP contribution in [-0.4, -0.2) is 44.1 Å². The summed E-state index contributed by atoms with van der Waals surface area (Å²) >= 11 is 3.38. The fraction of sp³-hybridized carbons (Fsp3) is 0.500. The van der Waals surface area contributed by atoms with Crippen LogP contribution in [0.25, 0.3) is 0 Å². The van der Waals surface area contributed by atoms with Crippen LogP contribution < -0.4 is 10.1 Å².